The summed E-state index contributed by atoms with van der Waals surface area (Å²) in [6.45, 7) is 2.57. The number of hydrogen-bond acceptors (Lipinski definition) is 4. The molecule has 1 aliphatic rings. The first-order valence-corrected chi connectivity index (χ1v) is 10.6. The number of anilines is 1. The van der Waals surface area contributed by atoms with Gasteiger partial charge in [-0.2, -0.15) is 0 Å². The van der Waals surface area contributed by atoms with Gasteiger partial charge in [0.25, 0.3) is 5.91 Å². The molecule has 0 atom stereocenters. The van der Waals surface area contributed by atoms with E-state index in [2.05, 4.69) is 11.0 Å². The molecule has 2 aromatic rings. The van der Waals surface area contributed by atoms with Gasteiger partial charge in [-0.15, -0.1) is 0 Å². The van der Waals surface area contributed by atoms with Gasteiger partial charge in [-0.1, -0.05) is 24.3 Å². The van der Waals surface area contributed by atoms with Crippen molar-refractivity contribution in [1.29, 1.82) is 0 Å². The Hall–Kier alpha value is -2.34. The summed E-state index contributed by atoms with van der Waals surface area (Å²) in [4.78, 5) is 16.9. The highest BCUT2D eigenvalue weighted by Crippen LogP contribution is 2.26. The standard InChI is InChI=1S/C20H24N2O3S/c1-21(20(23)16-9-7-10-18(14-16)26(2,24)25)15-17-8-3-4-11-19(17)22-12-5-6-13-22/h3-4,7-11,14H,5-6,12-13,15H2,1-2H3. The summed E-state index contributed by atoms with van der Waals surface area (Å²) in [5.74, 6) is -0.188. The van der Waals surface area contributed by atoms with Crippen molar-refractivity contribution in [2.75, 3.05) is 31.3 Å². The fourth-order valence-corrected chi connectivity index (χ4v) is 3.99. The van der Waals surface area contributed by atoms with Crippen LogP contribution in [0.5, 0.6) is 0 Å². The van der Waals surface area contributed by atoms with Crippen LogP contribution in [0.15, 0.2) is 53.4 Å². The SMILES string of the molecule is CN(Cc1ccccc1N1CCCC1)C(=O)c1cccc(S(C)(=O)=O)c1. The van der Waals surface area contributed by atoms with E-state index in [1.54, 1.807) is 24.1 Å². The molecule has 0 bridgehead atoms. The van der Waals surface area contributed by atoms with Gasteiger partial charge in [-0.3, -0.25) is 4.79 Å². The summed E-state index contributed by atoms with van der Waals surface area (Å²) in [5.41, 5.74) is 2.66. The van der Waals surface area contributed by atoms with E-state index in [9.17, 15) is 13.2 Å². The Morgan fingerprint density at radius 3 is 2.46 bits per heavy atom. The number of carbonyl (C=O) groups is 1. The van der Waals surface area contributed by atoms with Crippen LogP contribution in [0.25, 0.3) is 0 Å². The maximum atomic E-state index is 12.8. The van der Waals surface area contributed by atoms with E-state index in [1.165, 1.54) is 30.7 Å². The lowest BCUT2D eigenvalue weighted by Gasteiger charge is -2.24. The second kappa shape index (κ2) is 7.50. The van der Waals surface area contributed by atoms with Gasteiger partial charge in [0, 0.05) is 44.2 Å². The minimum Gasteiger partial charge on any atom is -0.371 e. The monoisotopic (exact) mass is 372 g/mol. The molecule has 3 rings (SSSR count). The van der Waals surface area contributed by atoms with Crippen molar-refractivity contribution in [1.82, 2.24) is 4.90 Å². The normalized spacial score (nSPS) is 14.5. The number of sulfone groups is 1. The fourth-order valence-electron chi connectivity index (χ4n) is 3.32. The number of para-hydroxylation sites is 1. The minimum absolute atomic E-state index is 0.161. The molecule has 5 nitrogen and oxygen atoms in total. The number of nitrogens with zero attached hydrogens (tertiary/aromatic N) is 2. The molecule has 1 saturated heterocycles. The molecule has 1 aliphatic heterocycles. The number of benzene rings is 2. The van der Waals surface area contributed by atoms with E-state index in [-0.39, 0.29) is 10.8 Å². The Morgan fingerprint density at radius 2 is 1.77 bits per heavy atom. The maximum Gasteiger partial charge on any atom is 0.253 e. The van der Waals surface area contributed by atoms with Gasteiger partial charge in [-0.05, 0) is 42.7 Å². The lowest BCUT2D eigenvalue weighted by Crippen LogP contribution is -2.28. The molecule has 0 N–H and O–H groups in total. The van der Waals surface area contributed by atoms with Gasteiger partial charge >= 0.3 is 0 Å². The molecule has 6 heteroatoms. The van der Waals surface area contributed by atoms with Crippen LogP contribution in [0.3, 0.4) is 0 Å². The second-order valence-corrected chi connectivity index (χ2v) is 8.80. The third-order valence-corrected chi connectivity index (χ3v) is 5.81. The van der Waals surface area contributed by atoms with Crippen molar-refractivity contribution in [3.8, 4) is 0 Å². The zero-order valence-electron chi connectivity index (χ0n) is 15.2. The Bertz CT molecular complexity index is 903. The van der Waals surface area contributed by atoms with E-state index < -0.39 is 9.84 Å². The van der Waals surface area contributed by atoms with Crippen LogP contribution in [0.1, 0.15) is 28.8 Å². The third-order valence-electron chi connectivity index (χ3n) is 4.70. The Morgan fingerprint density at radius 1 is 1.08 bits per heavy atom. The molecular formula is C20H24N2O3S. The molecule has 2 aromatic carbocycles. The van der Waals surface area contributed by atoms with E-state index >= 15 is 0 Å². The molecule has 0 radical (unpaired) electrons. The molecule has 1 amide bonds. The highest BCUT2D eigenvalue weighted by Gasteiger charge is 2.19. The van der Waals surface area contributed by atoms with Gasteiger partial charge in [0.2, 0.25) is 0 Å². The predicted molar refractivity (Wildman–Crippen MR) is 103 cm³/mol. The van der Waals surface area contributed by atoms with Crippen molar-refractivity contribution in [2.45, 2.75) is 24.3 Å². The van der Waals surface area contributed by atoms with E-state index in [4.69, 9.17) is 0 Å². The highest BCUT2D eigenvalue weighted by molar-refractivity contribution is 7.90. The summed E-state index contributed by atoms with van der Waals surface area (Å²) in [7, 11) is -1.59. The second-order valence-electron chi connectivity index (χ2n) is 6.78. The number of amides is 1. The van der Waals surface area contributed by atoms with Crippen molar-refractivity contribution < 1.29 is 13.2 Å². The summed E-state index contributed by atoms with van der Waals surface area (Å²) in [5, 5.41) is 0. The van der Waals surface area contributed by atoms with Gasteiger partial charge < -0.3 is 9.80 Å². The maximum absolute atomic E-state index is 12.8. The largest absolute Gasteiger partial charge is 0.371 e. The van der Waals surface area contributed by atoms with Crippen molar-refractivity contribution in [2.24, 2.45) is 0 Å². The van der Waals surface area contributed by atoms with Crippen molar-refractivity contribution in [3.05, 3.63) is 59.7 Å². The first kappa shape index (κ1) is 18.5. The van der Waals surface area contributed by atoms with E-state index in [0.29, 0.717) is 12.1 Å². The molecule has 0 aromatic heterocycles. The lowest BCUT2D eigenvalue weighted by atomic mass is 10.1. The van der Waals surface area contributed by atoms with Gasteiger partial charge in [-0.25, -0.2) is 8.42 Å². The molecule has 0 unspecified atom stereocenters. The van der Waals surface area contributed by atoms with Crippen molar-refractivity contribution >= 4 is 21.4 Å². The third kappa shape index (κ3) is 4.07. The number of rotatable bonds is 5. The average Bonchev–Trinajstić information content (AvgIpc) is 3.15. The quantitative estimate of drug-likeness (QED) is 0.810. The molecule has 0 aliphatic carbocycles. The van der Waals surface area contributed by atoms with E-state index in [1.807, 2.05) is 18.2 Å². The molecule has 138 valence electrons. The first-order chi connectivity index (χ1) is 12.4. The zero-order valence-corrected chi connectivity index (χ0v) is 16.0. The molecule has 0 saturated carbocycles. The minimum atomic E-state index is -3.34. The molecule has 26 heavy (non-hydrogen) atoms. The number of carbonyl (C=O) groups excluding carboxylic acids is 1. The smallest absolute Gasteiger partial charge is 0.253 e. The summed E-state index contributed by atoms with van der Waals surface area (Å²) < 4.78 is 23.5. The molecule has 0 spiro atoms. The Balaban J connectivity index is 1.80. The first-order valence-electron chi connectivity index (χ1n) is 8.75. The fraction of sp³-hybridized carbons (Fsp3) is 0.350. The Kier molecular flexibility index (Phi) is 5.32. The van der Waals surface area contributed by atoms with Gasteiger partial charge in [0.05, 0.1) is 4.90 Å². The van der Waals surface area contributed by atoms with Crippen molar-refractivity contribution in [3.63, 3.8) is 0 Å². The van der Waals surface area contributed by atoms with Crippen LogP contribution < -0.4 is 4.90 Å². The van der Waals surface area contributed by atoms with Gasteiger partial charge in [0.15, 0.2) is 9.84 Å². The zero-order chi connectivity index (χ0) is 18.7. The summed E-state index contributed by atoms with van der Waals surface area (Å²) in [6.07, 6.45) is 3.54. The van der Waals surface area contributed by atoms with E-state index in [0.717, 1.165) is 24.9 Å². The number of hydrogen-bond donors (Lipinski definition) is 0. The molecular weight excluding hydrogens is 348 g/mol. The van der Waals surface area contributed by atoms with Crippen LogP contribution in [-0.2, 0) is 16.4 Å². The highest BCUT2D eigenvalue weighted by atomic mass is 32.2. The van der Waals surface area contributed by atoms with Crippen LogP contribution in [-0.4, -0.2) is 45.6 Å². The van der Waals surface area contributed by atoms with Crippen LogP contribution in [0.2, 0.25) is 0 Å². The van der Waals surface area contributed by atoms with Gasteiger partial charge in [0.1, 0.15) is 0 Å². The molecule has 1 heterocycles. The topological polar surface area (TPSA) is 57.7 Å². The van der Waals surface area contributed by atoms with Crippen LogP contribution in [0.4, 0.5) is 5.69 Å². The molecule has 1 fully saturated rings. The summed E-state index contributed by atoms with van der Waals surface area (Å²) in [6, 6.07) is 14.4. The van der Waals surface area contributed by atoms with Crippen LogP contribution >= 0.6 is 0 Å². The van der Waals surface area contributed by atoms with Crippen LogP contribution in [0, 0.1) is 0 Å². The Labute approximate surface area is 155 Å². The lowest BCUT2D eigenvalue weighted by molar-refractivity contribution is 0.0785. The average molecular weight is 372 g/mol. The predicted octanol–water partition coefficient (Wildman–Crippen LogP) is 2.96. The summed E-state index contributed by atoms with van der Waals surface area (Å²) >= 11 is 0.